The molecule has 0 amide bonds. The predicted molar refractivity (Wildman–Crippen MR) is 82.7 cm³/mol. The molecule has 1 aromatic carbocycles. The van der Waals surface area contributed by atoms with E-state index in [1.165, 1.54) is 37.8 Å². The molecule has 1 aliphatic heterocycles. The number of hydrazine groups is 1. The maximum Gasteiger partial charge on any atom is 0.0283 e. The van der Waals surface area contributed by atoms with Crippen molar-refractivity contribution in [3.63, 3.8) is 0 Å². The Morgan fingerprint density at radius 3 is 2.56 bits per heavy atom. The van der Waals surface area contributed by atoms with Gasteiger partial charge in [-0.15, -0.1) is 24.8 Å². The fourth-order valence-corrected chi connectivity index (χ4v) is 2.51. The summed E-state index contributed by atoms with van der Waals surface area (Å²) in [5.74, 6) is 0. The van der Waals surface area contributed by atoms with Crippen molar-refractivity contribution in [2.75, 3.05) is 13.1 Å². The van der Waals surface area contributed by atoms with Crippen LogP contribution in [0.5, 0.6) is 0 Å². The van der Waals surface area contributed by atoms with E-state index in [-0.39, 0.29) is 24.8 Å². The van der Waals surface area contributed by atoms with Gasteiger partial charge in [-0.2, -0.15) is 0 Å². The lowest BCUT2D eigenvalue weighted by atomic mass is 9.97. The van der Waals surface area contributed by atoms with Crippen molar-refractivity contribution in [1.29, 1.82) is 0 Å². The van der Waals surface area contributed by atoms with Crippen molar-refractivity contribution in [3.8, 4) is 0 Å². The van der Waals surface area contributed by atoms with Crippen LogP contribution in [0, 0.1) is 0 Å². The molecular weight excluding hydrogens is 267 g/mol. The van der Waals surface area contributed by atoms with E-state index in [9.17, 15) is 0 Å². The molecule has 0 spiro atoms. The maximum atomic E-state index is 3.49. The summed E-state index contributed by atoms with van der Waals surface area (Å²) in [5.41, 5.74) is 4.94. The summed E-state index contributed by atoms with van der Waals surface area (Å²) >= 11 is 0. The molecule has 104 valence electrons. The smallest absolute Gasteiger partial charge is 0.0283 e. The van der Waals surface area contributed by atoms with Gasteiger partial charge in [0.05, 0.1) is 0 Å². The second-order valence-electron chi connectivity index (χ2n) is 4.54. The lowest BCUT2D eigenvalue weighted by molar-refractivity contribution is 0.0886. The van der Waals surface area contributed by atoms with Crippen molar-refractivity contribution in [2.45, 2.75) is 38.6 Å². The zero-order chi connectivity index (χ0) is 11.2. The summed E-state index contributed by atoms with van der Waals surface area (Å²) < 4.78 is 0. The Kier molecular flexibility index (Phi) is 9.47. The van der Waals surface area contributed by atoms with Gasteiger partial charge in [0.1, 0.15) is 0 Å². The molecule has 0 saturated carbocycles. The third-order valence-corrected chi connectivity index (χ3v) is 3.30. The fraction of sp³-hybridized carbons (Fsp3) is 0.571. The average molecular weight is 291 g/mol. The van der Waals surface area contributed by atoms with Gasteiger partial charge in [0.15, 0.2) is 0 Å². The largest absolute Gasteiger partial charge is 0.255 e. The molecule has 1 fully saturated rings. The van der Waals surface area contributed by atoms with Crippen molar-refractivity contribution in [3.05, 3.63) is 35.9 Å². The first-order valence-corrected chi connectivity index (χ1v) is 6.44. The quantitative estimate of drug-likeness (QED) is 0.914. The molecule has 18 heavy (non-hydrogen) atoms. The van der Waals surface area contributed by atoms with Gasteiger partial charge in [0.2, 0.25) is 0 Å². The molecule has 1 aromatic rings. The van der Waals surface area contributed by atoms with Crippen LogP contribution in [0.2, 0.25) is 0 Å². The molecule has 1 atom stereocenters. The van der Waals surface area contributed by atoms with Crippen LogP contribution in [0.3, 0.4) is 0 Å². The Bertz CT molecular complexity index is 304. The van der Waals surface area contributed by atoms with E-state index >= 15 is 0 Å². The van der Waals surface area contributed by atoms with Crippen molar-refractivity contribution in [2.24, 2.45) is 0 Å². The van der Waals surface area contributed by atoms with Crippen molar-refractivity contribution in [1.82, 2.24) is 10.4 Å². The number of hydrogen-bond acceptors (Lipinski definition) is 2. The number of nitrogens with one attached hydrogen (secondary N) is 1. The first-order chi connectivity index (χ1) is 7.90. The molecule has 1 aliphatic rings. The zero-order valence-corrected chi connectivity index (χ0v) is 12.6. The van der Waals surface area contributed by atoms with Gasteiger partial charge in [0, 0.05) is 19.1 Å². The van der Waals surface area contributed by atoms with E-state index in [2.05, 4.69) is 47.7 Å². The van der Waals surface area contributed by atoms with Gasteiger partial charge >= 0.3 is 0 Å². The highest BCUT2D eigenvalue weighted by Gasteiger charge is 2.21. The number of benzene rings is 1. The SMILES string of the molecule is CCNN1CCCCC1Cc1ccccc1.Cl.Cl. The van der Waals surface area contributed by atoms with Crippen molar-refractivity contribution >= 4 is 24.8 Å². The minimum absolute atomic E-state index is 0. The van der Waals surface area contributed by atoms with Crippen LogP contribution >= 0.6 is 24.8 Å². The normalized spacial score (nSPS) is 19.7. The summed E-state index contributed by atoms with van der Waals surface area (Å²) in [6.45, 7) is 4.41. The number of hydrogen-bond donors (Lipinski definition) is 1. The molecule has 0 aromatic heterocycles. The first-order valence-electron chi connectivity index (χ1n) is 6.44. The fourth-order valence-electron chi connectivity index (χ4n) is 2.51. The maximum absolute atomic E-state index is 3.49. The van der Waals surface area contributed by atoms with Gasteiger partial charge in [-0.3, -0.25) is 5.43 Å². The third-order valence-electron chi connectivity index (χ3n) is 3.30. The number of rotatable bonds is 4. The molecule has 2 nitrogen and oxygen atoms in total. The van der Waals surface area contributed by atoms with Crippen molar-refractivity contribution < 1.29 is 0 Å². The molecule has 0 aliphatic carbocycles. The van der Waals surface area contributed by atoms with Gasteiger partial charge in [0.25, 0.3) is 0 Å². The summed E-state index contributed by atoms with van der Waals surface area (Å²) in [7, 11) is 0. The van der Waals surface area contributed by atoms with Crippen LogP contribution in [-0.4, -0.2) is 24.1 Å². The van der Waals surface area contributed by atoms with E-state index in [0.717, 1.165) is 6.54 Å². The van der Waals surface area contributed by atoms with Crippen LogP contribution < -0.4 is 5.43 Å². The molecule has 4 heteroatoms. The van der Waals surface area contributed by atoms with E-state index in [0.29, 0.717) is 6.04 Å². The Hall–Kier alpha value is -0.280. The molecule has 0 bridgehead atoms. The second kappa shape index (κ2) is 9.62. The van der Waals surface area contributed by atoms with Gasteiger partial charge in [-0.05, 0) is 24.8 Å². The number of nitrogens with zero attached hydrogens (tertiary/aromatic N) is 1. The minimum Gasteiger partial charge on any atom is -0.255 e. The molecule has 1 unspecified atom stereocenters. The highest BCUT2D eigenvalue weighted by atomic mass is 35.5. The van der Waals surface area contributed by atoms with Crippen LogP contribution in [0.4, 0.5) is 0 Å². The van der Waals surface area contributed by atoms with Crippen LogP contribution in [0.1, 0.15) is 31.7 Å². The lowest BCUT2D eigenvalue weighted by Crippen LogP contribution is -2.49. The molecule has 0 radical (unpaired) electrons. The Balaban J connectivity index is 0.00000144. The molecule has 1 heterocycles. The lowest BCUT2D eigenvalue weighted by Gasteiger charge is -2.35. The molecule has 1 saturated heterocycles. The molecule has 1 N–H and O–H groups in total. The third kappa shape index (κ3) is 5.15. The second-order valence-corrected chi connectivity index (χ2v) is 4.54. The number of halogens is 2. The Morgan fingerprint density at radius 1 is 1.17 bits per heavy atom. The van der Waals surface area contributed by atoms with Crippen LogP contribution in [0.25, 0.3) is 0 Å². The molecular formula is C14H24Cl2N2. The molecule has 2 rings (SSSR count). The van der Waals surface area contributed by atoms with E-state index in [1.54, 1.807) is 0 Å². The zero-order valence-electron chi connectivity index (χ0n) is 11.0. The Labute approximate surface area is 123 Å². The van der Waals surface area contributed by atoms with Crippen LogP contribution in [0.15, 0.2) is 30.3 Å². The average Bonchev–Trinajstić information content (AvgIpc) is 2.33. The van der Waals surface area contributed by atoms with Gasteiger partial charge in [-0.1, -0.05) is 43.7 Å². The monoisotopic (exact) mass is 290 g/mol. The summed E-state index contributed by atoms with van der Waals surface area (Å²) in [4.78, 5) is 0. The van der Waals surface area contributed by atoms with E-state index < -0.39 is 0 Å². The summed E-state index contributed by atoms with van der Waals surface area (Å²) in [5, 5.41) is 2.44. The minimum atomic E-state index is 0. The Morgan fingerprint density at radius 2 is 1.89 bits per heavy atom. The highest BCUT2D eigenvalue weighted by Crippen LogP contribution is 2.18. The predicted octanol–water partition coefficient (Wildman–Crippen LogP) is 3.45. The van der Waals surface area contributed by atoms with Crippen LogP contribution in [-0.2, 0) is 6.42 Å². The van der Waals surface area contributed by atoms with Gasteiger partial charge < -0.3 is 0 Å². The standard InChI is InChI=1S/C14H22N2.2ClH/c1-2-15-16-11-7-6-10-14(16)12-13-8-4-3-5-9-13;;/h3-5,8-9,14-15H,2,6-7,10-12H2,1H3;2*1H. The topological polar surface area (TPSA) is 15.3 Å². The van der Waals surface area contributed by atoms with Gasteiger partial charge in [-0.25, -0.2) is 5.01 Å². The summed E-state index contributed by atoms with van der Waals surface area (Å²) in [6, 6.07) is 11.5. The summed E-state index contributed by atoms with van der Waals surface area (Å²) in [6.07, 6.45) is 5.20. The van der Waals surface area contributed by atoms with E-state index in [1.807, 2.05) is 0 Å². The van der Waals surface area contributed by atoms with E-state index in [4.69, 9.17) is 0 Å². The first kappa shape index (κ1) is 17.7. The number of piperidine rings is 1. The highest BCUT2D eigenvalue weighted by molar-refractivity contribution is 5.85.